The van der Waals surface area contributed by atoms with E-state index in [0.29, 0.717) is 18.4 Å². The Balaban J connectivity index is 3.79. The highest BCUT2D eigenvalue weighted by Crippen LogP contribution is 1.98. The Labute approximate surface area is 66.0 Å². The summed E-state index contributed by atoms with van der Waals surface area (Å²) >= 11 is 0. The number of unbranched alkanes of at least 4 members (excludes halogenated alkanes) is 1. The maximum absolute atomic E-state index is 10.7. The third kappa shape index (κ3) is 4.31. The van der Waals surface area contributed by atoms with Crippen LogP contribution in [0.1, 0.15) is 19.8 Å². The third-order valence-electron chi connectivity index (χ3n) is 1.24. The van der Waals surface area contributed by atoms with Gasteiger partial charge in [0.2, 0.25) is 0 Å². The topological polar surface area (TPSA) is 43.4 Å². The first-order chi connectivity index (χ1) is 5.22. The maximum atomic E-state index is 10.7. The monoisotopic (exact) mass is 156 g/mol. The van der Waals surface area contributed by atoms with Crippen molar-refractivity contribution in [2.45, 2.75) is 19.8 Å². The van der Waals surface area contributed by atoms with Crippen molar-refractivity contribution >= 4 is 12.3 Å². The van der Waals surface area contributed by atoms with Crippen LogP contribution in [0, 0.1) is 0 Å². The van der Waals surface area contributed by atoms with E-state index in [0.717, 1.165) is 6.29 Å². The number of methoxy groups -OCH3 is 1. The summed E-state index contributed by atoms with van der Waals surface area (Å²) < 4.78 is 4.45. The average molecular weight is 156 g/mol. The summed E-state index contributed by atoms with van der Waals surface area (Å²) in [6, 6.07) is 0. The number of aldehydes is 1. The van der Waals surface area contributed by atoms with Crippen LogP contribution in [0.25, 0.3) is 0 Å². The molecule has 0 spiro atoms. The number of carbonyl (C=O) groups excluding carboxylic acids is 2. The Morgan fingerprint density at radius 1 is 1.45 bits per heavy atom. The first kappa shape index (κ1) is 9.88. The molecular formula is C8H12O3. The SMILES string of the molecule is COC(=O)/C(C)=C\CCC=O. The van der Waals surface area contributed by atoms with Crippen LogP contribution in [0.3, 0.4) is 0 Å². The molecule has 0 radical (unpaired) electrons. The molecule has 0 rings (SSSR count). The molecule has 0 heterocycles. The van der Waals surface area contributed by atoms with Crippen molar-refractivity contribution in [3.8, 4) is 0 Å². The molecule has 62 valence electrons. The van der Waals surface area contributed by atoms with Crippen molar-refractivity contribution in [2.24, 2.45) is 0 Å². The quantitative estimate of drug-likeness (QED) is 0.265. The van der Waals surface area contributed by atoms with Crippen LogP contribution in [-0.2, 0) is 14.3 Å². The first-order valence-electron chi connectivity index (χ1n) is 3.41. The minimum absolute atomic E-state index is 0.337. The standard InChI is InChI=1S/C8H12O3/c1-7(8(10)11-2)5-3-4-6-9/h5-6H,3-4H2,1-2H3/b7-5-. The van der Waals surface area contributed by atoms with Gasteiger partial charge in [0.25, 0.3) is 0 Å². The molecule has 0 fully saturated rings. The largest absolute Gasteiger partial charge is 0.466 e. The lowest BCUT2D eigenvalue weighted by atomic mass is 10.2. The molecule has 3 heteroatoms. The fourth-order valence-corrected chi connectivity index (χ4v) is 0.612. The van der Waals surface area contributed by atoms with Crippen LogP contribution in [0.4, 0.5) is 0 Å². The predicted molar refractivity (Wildman–Crippen MR) is 41.1 cm³/mol. The van der Waals surface area contributed by atoms with E-state index in [1.165, 1.54) is 7.11 Å². The lowest BCUT2D eigenvalue weighted by Crippen LogP contribution is -2.01. The molecule has 0 aromatic heterocycles. The van der Waals surface area contributed by atoms with Crippen LogP contribution in [0.2, 0.25) is 0 Å². The zero-order chi connectivity index (χ0) is 8.69. The average Bonchev–Trinajstić information content (AvgIpc) is 2.03. The number of rotatable bonds is 4. The molecule has 0 bridgehead atoms. The van der Waals surface area contributed by atoms with E-state index in [-0.39, 0.29) is 5.97 Å². The molecule has 0 aliphatic rings. The zero-order valence-electron chi connectivity index (χ0n) is 6.79. The number of esters is 1. The maximum Gasteiger partial charge on any atom is 0.333 e. The van der Waals surface area contributed by atoms with Crippen molar-refractivity contribution < 1.29 is 14.3 Å². The van der Waals surface area contributed by atoms with Crippen molar-refractivity contribution in [3.05, 3.63) is 11.6 Å². The second-order valence-electron chi connectivity index (χ2n) is 2.12. The van der Waals surface area contributed by atoms with Crippen molar-refractivity contribution in [3.63, 3.8) is 0 Å². The molecule has 11 heavy (non-hydrogen) atoms. The molecule has 0 amide bonds. The van der Waals surface area contributed by atoms with Gasteiger partial charge in [0.1, 0.15) is 6.29 Å². The molecule has 0 saturated heterocycles. The van der Waals surface area contributed by atoms with Crippen molar-refractivity contribution in [1.82, 2.24) is 0 Å². The van der Waals surface area contributed by atoms with Crippen LogP contribution in [0.15, 0.2) is 11.6 Å². The molecule has 0 atom stereocenters. The van der Waals surface area contributed by atoms with E-state index in [2.05, 4.69) is 4.74 Å². The summed E-state index contributed by atoms with van der Waals surface area (Å²) in [5, 5.41) is 0. The first-order valence-corrected chi connectivity index (χ1v) is 3.41. The van der Waals surface area contributed by atoms with E-state index >= 15 is 0 Å². The minimum Gasteiger partial charge on any atom is -0.466 e. The fraction of sp³-hybridized carbons (Fsp3) is 0.500. The van der Waals surface area contributed by atoms with Gasteiger partial charge in [-0.2, -0.15) is 0 Å². The van der Waals surface area contributed by atoms with E-state index in [1.54, 1.807) is 13.0 Å². The third-order valence-corrected chi connectivity index (χ3v) is 1.24. The van der Waals surface area contributed by atoms with Gasteiger partial charge in [-0.25, -0.2) is 4.79 Å². The Hall–Kier alpha value is -1.12. The summed E-state index contributed by atoms with van der Waals surface area (Å²) in [6.07, 6.45) is 3.57. The highest BCUT2D eigenvalue weighted by molar-refractivity contribution is 5.87. The summed E-state index contributed by atoms with van der Waals surface area (Å²) in [5.41, 5.74) is 0.550. The Kier molecular flexibility index (Phi) is 5.07. The smallest absolute Gasteiger partial charge is 0.333 e. The van der Waals surface area contributed by atoms with Crippen molar-refractivity contribution in [2.75, 3.05) is 7.11 Å². The van der Waals surface area contributed by atoms with E-state index < -0.39 is 0 Å². The summed E-state index contributed by atoms with van der Waals surface area (Å²) in [4.78, 5) is 20.6. The number of hydrogen-bond donors (Lipinski definition) is 0. The second kappa shape index (κ2) is 5.65. The van der Waals surface area contributed by atoms with Gasteiger partial charge in [0.05, 0.1) is 7.11 Å². The molecule has 3 nitrogen and oxygen atoms in total. The van der Waals surface area contributed by atoms with E-state index in [9.17, 15) is 9.59 Å². The van der Waals surface area contributed by atoms with Crippen LogP contribution >= 0.6 is 0 Å². The number of carbonyl (C=O) groups is 2. The Morgan fingerprint density at radius 2 is 2.09 bits per heavy atom. The number of hydrogen-bond acceptors (Lipinski definition) is 3. The lowest BCUT2D eigenvalue weighted by molar-refractivity contribution is -0.136. The van der Waals surface area contributed by atoms with Gasteiger partial charge in [-0.1, -0.05) is 6.08 Å². The highest BCUT2D eigenvalue weighted by Gasteiger charge is 2.00. The molecular weight excluding hydrogens is 144 g/mol. The molecule has 0 saturated carbocycles. The summed E-state index contributed by atoms with van der Waals surface area (Å²) in [7, 11) is 1.33. The van der Waals surface area contributed by atoms with Gasteiger partial charge in [-0.15, -0.1) is 0 Å². The normalized spacial score (nSPS) is 10.9. The molecule has 0 aliphatic carbocycles. The van der Waals surface area contributed by atoms with Gasteiger partial charge in [0.15, 0.2) is 0 Å². The van der Waals surface area contributed by atoms with Crippen molar-refractivity contribution in [1.29, 1.82) is 0 Å². The van der Waals surface area contributed by atoms with Crippen LogP contribution in [0.5, 0.6) is 0 Å². The molecule has 0 aromatic rings. The van der Waals surface area contributed by atoms with E-state index in [1.807, 2.05) is 0 Å². The summed E-state index contributed by atoms with van der Waals surface area (Å²) in [6.45, 7) is 1.66. The predicted octanol–water partition coefficient (Wildman–Crippen LogP) is 1.08. The molecule has 0 aliphatic heterocycles. The van der Waals surface area contributed by atoms with Crippen LogP contribution in [-0.4, -0.2) is 19.4 Å². The minimum atomic E-state index is -0.337. The highest BCUT2D eigenvalue weighted by atomic mass is 16.5. The van der Waals surface area contributed by atoms with Gasteiger partial charge < -0.3 is 9.53 Å². The van der Waals surface area contributed by atoms with Gasteiger partial charge in [0, 0.05) is 12.0 Å². The number of allylic oxidation sites excluding steroid dienone is 1. The van der Waals surface area contributed by atoms with Gasteiger partial charge >= 0.3 is 5.97 Å². The molecule has 0 unspecified atom stereocenters. The second-order valence-corrected chi connectivity index (χ2v) is 2.12. The van der Waals surface area contributed by atoms with Gasteiger partial charge in [-0.05, 0) is 13.3 Å². The van der Waals surface area contributed by atoms with E-state index in [4.69, 9.17) is 0 Å². The lowest BCUT2D eigenvalue weighted by Gasteiger charge is -1.96. The van der Waals surface area contributed by atoms with Crippen LogP contribution < -0.4 is 0 Å². The molecule has 0 aromatic carbocycles. The zero-order valence-corrected chi connectivity index (χ0v) is 6.79. The Morgan fingerprint density at radius 3 is 2.55 bits per heavy atom. The Bertz CT molecular complexity index is 170. The molecule has 0 N–H and O–H groups in total. The fourth-order valence-electron chi connectivity index (χ4n) is 0.612. The number of ether oxygens (including phenoxy) is 1. The van der Waals surface area contributed by atoms with Gasteiger partial charge in [-0.3, -0.25) is 0 Å². The summed E-state index contributed by atoms with van der Waals surface area (Å²) in [5.74, 6) is -0.337.